The molecule has 14 N–H and O–H groups in total. The average molecular weight is 1110 g/mol. The van der Waals surface area contributed by atoms with Gasteiger partial charge in [0.25, 0.3) is 0 Å². The van der Waals surface area contributed by atoms with Crippen LogP contribution >= 0.6 is 0 Å². The summed E-state index contributed by atoms with van der Waals surface area (Å²) in [5.41, 5.74) is 9.32. The molecule has 1 aliphatic heterocycles. The minimum atomic E-state index is -1.37. The Hall–Kier alpha value is -8.61. The number of nitrogens with zero attached hydrogens (tertiary/aromatic N) is 3. The van der Waals surface area contributed by atoms with E-state index in [1.54, 1.807) is 52.9 Å². The van der Waals surface area contributed by atoms with Crippen LogP contribution in [-0.2, 0) is 68.8 Å². The van der Waals surface area contributed by atoms with Crippen LogP contribution in [0.2, 0.25) is 0 Å². The van der Waals surface area contributed by atoms with Gasteiger partial charge in [-0.05, 0) is 66.3 Å². The number of hydrogen-bond donors (Lipinski definition) is 13. The van der Waals surface area contributed by atoms with Gasteiger partial charge in [0.1, 0.15) is 48.0 Å². The molecule has 3 aromatic heterocycles. The van der Waals surface area contributed by atoms with Crippen molar-refractivity contribution < 1.29 is 53.4 Å². The quantitative estimate of drug-likeness (QED) is 0.0322. The Balaban J connectivity index is 1.15. The summed E-state index contributed by atoms with van der Waals surface area (Å²) in [4.78, 5) is 143. The molecule has 1 saturated heterocycles. The van der Waals surface area contributed by atoms with E-state index >= 15 is 0 Å². The number of imidazole rings is 2. The summed E-state index contributed by atoms with van der Waals surface area (Å²) < 4.78 is 0. The molecule has 0 spiro atoms. The first-order valence-corrected chi connectivity index (χ1v) is 26.8. The second-order valence-corrected chi connectivity index (χ2v) is 20.9. The Bertz CT molecular complexity index is 2930. The van der Waals surface area contributed by atoms with E-state index in [0.717, 1.165) is 10.9 Å². The van der Waals surface area contributed by atoms with Gasteiger partial charge in [-0.3, -0.25) is 38.4 Å². The summed E-state index contributed by atoms with van der Waals surface area (Å²) in [5.74, 6) is -8.28. The van der Waals surface area contributed by atoms with E-state index in [4.69, 9.17) is 5.73 Å². The Morgan fingerprint density at radius 3 is 1.88 bits per heavy atom. The number of aliphatic carboxylic acids is 1. The number of carbonyl (C=O) groups excluding carboxylic acids is 8. The van der Waals surface area contributed by atoms with Crippen LogP contribution in [0.3, 0.4) is 0 Å². The number of fused-ring (bicyclic) bond motifs is 1. The van der Waals surface area contributed by atoms with Gasteiger partial charge in [-0.15, -0.1) is 0 Å². The molecule has 80 heavy (non-hydrogen) atoms. The van der Waals surface area contributed by atoms with Crippen LogP contribution in [0.15, 0.2) is 79.8 Å². The molecule has 0 unspecified atom stereocenters. The molecule has 1 aliphatic rings. The van der Waals surface area contributed by atoms with Crippen LogP contribution in [0, 0.1) is 17.8 Å². The standard InChI is InChI=1S/C55H74N14O11/c1-7-31(6)47(68-48(72)38(56)19-32-14-16-36(70)17-15-32)53(77)63-40(20-33-23-59-39-12-9-8-11-37(33)39)49(73)60-26-44(71)66-45(29(2)3)52(76)64-41(21-34-24-57-27-61-34)50(74)65-42(22-35-25-58-28-62-35)54(78)69-18-10-13-43(69)51(75)67-46(30(4)5)55(79)80/h8-9,11-12,14-17,23-25,27-31,38,40-43,45-47,59,70H,7,10,13,18-22,26,56H2,1-6H3,(H,57,61)(H,58,62)(H,60,73)(H,63,77)(H,64,76)(H,65,74)(H,66,71)(H,67,75)(H,68,72)(H,79,80)/t31-,38-,40-,41-,42-,43-,45-,46-,47-/m0/s1. The lowest BCUT2D eigenvalue weighted by Gasteiger charge is -2.31. The van der Waals surface area contributed by atoms with E-state index in [1.165, 1.54) is 42.1 Å². The lowest BCUT2D eigenvalue weighted by Crippen LogP contribution is -2.60. The molecule has 1 fully saturated rings. The highest BCUT2D eigenvalue weighted by Gasteiger charge is 2.41. The first-order valence-electron chi connectivity index (χ1n) is 26.8. The molecule has 9 atom stereocenters. The van der Waals surface area contributed by atoms with Crippen molar-refractivity contribution in [2.24, 2.45) is 23.5 Å². The zero-order chi connectivity index (χ0) is 58.2. The van der Waals surface area contributed by atoms with E-state index in [-0.39, 0.29) is 44.4 Å². The second kappa shape index (κ2) is 28.3. The number of H-pyrrole nitrogens is 3. The van der Waals surface area contributed by atoms with Crippen molar-refractivity contribution >= 4 is 64.1 Å². The van der Waals surface area contributed by atoms with Crippen molar-refractivity contribution in [1.29, 1.82) is 0 Å². The highest BCUT2D eigenvalue weighted by atomic mass is 16.4. The molecule has 430 valence electrons. The Morgan fingerprint density at radius 1 is 0.675 bits per heavy atom. The number of nitrogens with one attached hydrogen (secondary N) is 10. The number of phenolic OH excluding ortho intramolecular Hbond substituents is 1. The lowest BCUT2D eigenvalue weighted by molar-refractivity contribution is -0.145. The highest BCUT2D eigenvalue weighted by molar-refractivity contribution is 5.98. The van der Waals surface area contributed by atoms with Crippen molar-refractivity contribution in [3.63, 3.8) is 0 Å². The summed E-state index contributed by atoms with van der Waals surface area (Å²) in [6, 6.07) is 3.97. The van der Waals surface area contributed by atoms with Gasteiger partial charge < -0.3 is 73.0 Å². The number of aromatic nitrogens is 5. The molecule has 8 amide bonds. The van der Waals surface area contributed by atoms with Gasteiger partial charge in [0.15, 0.2) is 0 Å². The second-order valence-electron chi connectivity index (χ2n) is 20.9. The van der Waals surface area contributed by atoms with Crippen LogP contribution in [-0.4, -0.2) is 155 Å². The summed E-state index contributed by atoms with van der Waals surface area (Å²) >= 11 is 0. The van der Waals surface area contributed by atoms with Crippen LogP contribution in [0.4, 0.5) is 0 Å². The Kier molecular flexibility index (Phi) is 21.5. The van der Waals surface area contributed by atoms with Gasteiger partial charge in [-0.1, -0.05) is 78.3 Å². The van der Waals surface area contributed by atoms with Gasteiger partial charge in [0.05, 0.1) is 25.2 Å². The number of para-hydroxylation sites is 1. The zero-order valence-corrected chi connectivity index (χ0v) is 45.7. The van der Waals surface area contributed by atoms with Gasteiger partial charge in [-0.2, -0.15) is 0 Å². The van der Waals surface area contributed by atoms with Gasteiger partial charge in [-0.25, -0.2) is 14.8 Å². The maximum absolute atomic E-state index is 14.4. The summed E-state index contributed by atoms with van der Waals surface area (Å²) in [6.45, 7) is 9.73. The number of carboxylic acid groups (broad SMARTS) is 1. The molecule has 0 saturated carbocycles. The summed E-state index contributed by atoms with van der Waals surface area (Å²) in [6.07, 6.45) is 8.40. The SMILES string of the molecule is CC[C@H](C)[C@H](NC(=O)[C@@H](N)Cc1ccc(O)cc1)C(=O)N[C@@H](Cc1c[nH]c2ccccc12)C(=O)NCC(=O)N[C@H](C(=O)N[C@@H](Cc1cnc[nH]1)C(=O)N[C@@H](Cc1cnc[nH]1)C(=O)N1CCC[C@H]1C(=O)N[C@H](C(=O)O)C(C)C)C(C)C. The number of carbonyl (C=O) groups is 9. The Labute approximate surface area is 462 Å². The third kappa shape index (κ3) is 16.5. The summed E-state index contributed by atoms with van der Waals surface area (Å²) in [5, 5.41) is 39.1. The number of carboxylic acids is 1. The maximum atomic E-state index is 14.4. The first-order chi connectivity index (χ1) is 38.1. The average Bonchev–Trinajstić information content (AvgIpc) is 4.34. The predicted molar refractivity (Wildman–Crippen MR) is 292 cm³/mol. The minimum Gasteiger partial charge on any atom is -0.508 e. The molecule has 0 radical (unpaired) electrons. The lowest BCUT2D eigenvalue weighted by atomic mass is 9.96. The molecule has 4 heterocycles. The van der Waals surface area contributed by atoms with Crippen LogP contribution in [0.1, 0.15) is 83.3 Å². The van der Waals surface area contributed by atoms with Crippen molar-refractivity contribution in [3.05, 3.63) is 102 Å². The van der Waals surface area contributed by atoms with E-state index in [0.29, 0.717) is 35.4 Å². The normalized spacial score (nSPS) is 16.3. The molecular formula is C55H74N14O11. The van der Waals surface area contributed by atoms with E-state index in [2.05, 4.69) is 62.1 Å². The summed E-state index contributed by atoms with van der Waals surface area (Å²) in [7, 11) is 0. The fourth-order valence-corrected chi connectivity index (χ4v) is 9.42. The smallest absolute Gasteiger partial charge is 0.326 e. The zero-order valence-electron chi connectivity index (χ0n) is 45.7. The minimum absolute atomic E-state index is 0.0324. The number of phenols is 1. The van der Waals surface area contributed by atoms with Crippen molar-refractivity contribution in [2.45, 2.75) is 135 Å². The van der Waals surface area contributed by atoms with E-state index < -0.39 is 126 Å². The monoisotopic (exact) mass is 1110 g/mol. The van der Waals surface area contributed by atoms with Crippen molar-refractivity contribution in [2.75, 3.05) is 13.1 Å². The number of likely N-dealkylation sites (tertiary alicyclic amines) is 1. The third-order valence-corrected chi connectivity index (χ3v) is 14.2. The van der Waals surface area contributed by atoms with E-state index in [9.17, 15) is 53.4 Å². The largest absolute Gasteiger partial charge is 0.508 e. The molecule has 25 heteroatoms. The fourth-order valence-electron chi connectivity index (χ4n) is 9.42. The number of hydrogen-bond acceptors (Lipinski definition) is 13. The number of aromatic amines is 3. The van der Waals surface area contributed by atoms with Crippen molar-refractivity contribution in [1.82, 2.24) is 67.0 Å². The van der Waals surface area contributed by atoms with Crippen molar-refractivity contribution in [3.8, 4) is 5.75 Å². The molecule has 25 nitrogen and oxygen atoms in total. The predicted octanol–water partition coefficient (Wildman–Crippen LogP) is 0.376. The molecule has 0 aliphatic carbocycles. The fraction of sp³-hybridized carbons (Fsp3) is 0.473. The highest BCUT2D eigenvalue weighted by Crippen LogP contribution is 2.22. The topological polar surface area (TPSA) is 381 Å². The molecular weight excluding hydrogens is 1030 g/mol. The first kappa shape index (κ1) is 60.6. The number of rotatable bonds is 28. The third-order valence-electron chi connectivity index (χ3n) is 14.2. The molecule has 6 rings (SSSR count). The number of benzene rings is 2. The molecule has 0 bridgehead atoms. The van der Waals surface area contributed by atoms with E-state index in [1.807, 2.05) is 31.2 Å². The van der Waals surface area contributed by atoms with Crippen LogP contribution in [0.5, 0.6) is 5.75 Å². The van der Waals surface area contributed by atoms with Gasteiger partial charge in [0, 0.05) is 66.7 Å². The van der Waals surface area contributed by atoms with Gasteiger partial charge in [0.2, 0.25) is 47.3 Å². The maximum Gasteiger partial charge on any atom is 0.326 e. The van der Waals surface area contributed by atoms with Gasteiger partial charge >= 0.3 is 5.97 Å². The van der Waals surface area contributed by atoms with Crippen LogP contribution in [0.25, 0.3) is 10.9 Å². The van der Waals surface area contributed by atoms with Crippen LogP contribution < -0.4 is 43.0 Å². The molecule has 5 aromatic rings. The molecule has 2 aromatic carbocycles. The number of nitrogens with two attached hydrogens (primary N) is 1. The number of aromatic hydroxyl groups is 1. The Morgan fingerprint density at radius 2 is 1.27 bits per heavy atom. The number of amides is 8.